The number of hydrogen-bond donors (Lipinski definition) is 3. The standard InChI is InChI=1S/C18H18N6O/c1-12(14-3-5-15(6-4-14)24-9-8-20-23-24)19-11-13-2-7-16-17(10-13)22-18(25)21-16/h2-10,12,19H,11H2,1H3,(H2,21,22,25). The maximum atomic E-state index is 11.3. The highest BCUT2D eigenvalue weighted by Crippen LogP contribution is 2.16. The molecule has 4 rings (SSSR count). The van der Waals surface area contributed by atoms with Gasteiger partial charge >= 0.3 is 5.69 Å². The second kappa shape index (κ2) is 6.37. The molecule has 2 heterocycles. The van der Waals surface area contributed by atoms with Gasteiger partial charge in [-0.1, -0.05) is 23.4 Å². The van der Waals surface area contributed by atoms with Crippen molar-refractivity contribution in [3.8, 4) is 5.69 Å². The van der Waals surface area contributed by atoms with Gasteiger partial charge in [-0.15, -0.1) is 5.10 Å². The first kappa shape index (κ1) is 15.3. The first-order valence-corrected chi connectivity index (χ1v) is 8.10. The van der Waals surface area contributed by atoms with Gasteiger partial charge in [0.1, 0.15) is 0 Å². The Morgan fingerprint density at radius 1 is 1.12 bits per heavy atom. The second-order valence-electron chi connectivity index (χ2n) is 6.00. The summed E-state index contributed by atoms with van der Waals surface area (Å²) in [6.45, 7) is 2.84. The molecule has 0 saturated heterocycles. The number of benzene rings is 2. The number of aromatic amines is 2. The van der Waals surface area contributed by atoms with E-state index in [0.29, 0.717) is 0 Å². The summed E-state index contributed by atoms with van der Waals surface area (Å²) in [4.78, 5) is 16.9. The van der Waals surface area contributed by atoms with Crippen LogP contribution in [0.4, 0.5) is 0 Å². The van der Waals surface area contributed by atoms with E-state index in [1.807, 2.05) is 36.5 Å². The lowest BCUT2D eigenvalue weighted by Crippen LogP contribution is -2.18. The average Bonchev–Trinajstić information content (AvgIpc) is 3.28. The summed E-state index contributed by atoms with van der Waals surface area (Å²) < 4.78 is 1.73. The normalized spacial score (nSPS) is 12.5. The number of H-pyrrole nitrogens is 2. The summed E-state index contributed by atoms with van der Waals surface area (Å²) in [7, 11) is 0. The van der Waals surface area contributed by atoms with Crippen LogP contribution < -0.4 is 11.0 Å². The van der Waals surface area contributed by atoms with Gasteiger partial charge in [0.25, 0.3) is 0 Å². The third kappa shape index (κ3) is 3.22. The number of aromatic nitrogens is 5. The van der Waals surface area contributed by atoms with Crippen molar-refractivity contribution < 1.29 is 0 Å². The molecule has 1 unspecified atom stereocenters. The van der Waals surface area contributed by atoms with Gasteiger partial charge in [-0.05, 0) is 42.3 Å². The molecule has 126 valence electrons. The van der Waals surface area contributed by atoms with E-state index >= 15 is 0 Å². The van der Waals surface area contributed by atoms with Crippen LogP contribution in [0.5, 0.6) is 0 Å². The molecule has 0 fully saturated rings. The van der Waals surface area contributed by atoms with Crippen molar-refractivity contribution in [2.45, 2.75) is 19.5 Å². The van der Waals surface area contributed by atoms with Crippen molar-refractivity contribution >= 4 is 11.0 Å². The molecular weight excluding hydrogens is 316 g/mol. The van der Waals surface area contributed by atoms with Crippen LogP contribution in [0.15, 0.2) is 59.7 Å². The molecule has 25 heavy (non-hydrogen) atoms. The predicted octanol–water partition coefficient (Wildman–Crippen LogP) is 2.29. The lowest BCUT2D eigenvalue weighted by atomic mass is 10.1. The average molecular weight is 334 g/mol. The number of imidazole rings is 1. The topological polar surface area (TPSA) is 91.4 Å². The van der Waals surface area contributed by atoms with Gasteiger partial charge in [-0.3, -0.25) is 0 Å². The number of hydrogen-bond acceptors (Lipinski definition) is 4. The summed E-state index contributed by atoms with van der Waals surface area (Å²) in [6, 6.07) is 14.3. The minimum Gasteiger partial charge on any atom is -0.306 e. The van der Waals surface area contributed by atoms with Crippen LogP contribution in [0.2, 0.25) is 0 Å². The molecule has 7 heteroatoms. The van der Waals surface area contributed by atoms with Gasteiger partial charge in [0.15, 0.2) is 0 Å². The van der Waals surface area contributed by atoms with Crippen molar-refractivity contribution in [3.63, 3.8) is 0 Å². The fraction of sp³-hybridized carbons (Fsp3) is 0.167. The van der Waals surface area contributed by atoms with Crippen LogP contribution >= 0.6 is 0 Å². The summed E-state index contributed by atoms with van der Waals surface area (Å²) in [5.74, 6) is 0. The minimum atomic E-state index is -0.180. The van der Waals surface area contributed by atoms with E-state index in [1.165, 1.54) is 5.56 Å². The van der Waals surface area contributed by atoms with Gasteiger partial charge in [0.2, 0.25) is 0 Å². The molecule has 0 aliphatic heterocycles. The van der Waals surface area contributed by atoms with Gasteiger partial charge in [-0.2, -0.15) is 0 Å². The lowest BCUT2D eigenvalue weighted by Gasteiger charge is -2.15. The highest BCUT2D eigenvalue weighted by molar-refractivity contribution is 5.74. The first-order valence-electron chi connectivity index (χ1n) is 8.10. The molecule has 0 radical (unpaired) electrons. The van der Waals surface area contributed by atoms with Crippen LogP contribution in [-0.4, -0.2) is 25.0 Å². The van der Waals surface area contributed by atoms with Crippen LogP contribution in [0.25, 0.3) is 16.7 Å². The summed E-state index contributed by atoms with van der Waals surface area (Å²) >= 11 is 0. The zero-order valence-corrected chi connectivity index (χ0v) is 13.7. The Labute approximate surface area is 143 Å². The molecule has 4 aromatic rings. The van der Waals surface area contributed by atoms with Gasteiger partial charge in [0.05, 0.1) is 29.1 Å². The van der Waals surface area contributed by atoms with Gasteiger partial charge < -0.3 is 15.3 Å². The summed E-state index contributed by atoms with van der Waals surface area (Å²) in [5.41, 5.74) is 4.77. The van der Waals surface area contributed by atoms with E-state index in [0.717, 1.165) is 28.8 Å². The van der Waals surface area contributed by atoms with E-state index in [1.54, 1.807) is 10.9 Å². The predicted molar refractivity (Wildman–Crippen MR) is 95.5 cm³/mol. The fourth-order valence-corrected chi connectivity index (χ4v) is 2.84. The number of fused-ring (bicyclic) bond motifs is 1. The zero-order chi connectivity index (χ0) is 17.2. The summed E-state index contributed by atoms with van der Waals surface area (Å²) in [5, 5.41) is 11.3. The molecule has 1 atom stereocenters. The summed E-state index contributed by atoms with van der Waals surface area (Å²) in [6.07, 6.45) is 3.48. The van der Waals surface area contributed by atoms with Crippen LogP contribution in [0.1, 0.15) is 24.1 Å². The Balaban J connectivity index is 1.44. The maximum Gasteiger partial charge on any atom is 0.323 e. The highest BCUT2D eigenvalue weighted by atomic mass is 16.1. The molecular formula is C18H18N6O. The third-order valence-electron chi connectivity index (χ3n) is 4.27. The molecule has 2 aromatic heterocycles. The maximum absolute atomic E-state index is 11.3. The Kier molecular flexibility index (Phi) is 3.91. The smallest absolute Gasteiger partial charge is 0.306 e. The zero-order valence-electron chi connectivity index (χ0n) is 13.7. The van der Waals surface area contributed by atoms with E-state index < -0.39 is 0 Å². The quantitative estimate of drug-likeness (QED) is 0.522. The molecule has 7 nitrogen and oxygen atoms in total. The SMILES string of the molecule is CC(NCc1ccc2[nH]c(=O)[nH]c2c1)c1ccc(-n2ccnn2)cc1. The molecule has 0 aliphatic carbocycles. The molecule has 0 saturated carbocycles. The third-order valence-corrected chi connectivity index (χ3v) is 4.27. The van der Waals surface area contributed by atoms with Crippen molar-refractivity contribution in [1.29, 1.82) is 0 Å². The van der Waals surface area contributed by atoms with Crippen molar-refractivity contribution in [1.82, 2.24) is 30.3 Å². The van der Waals surface area contributed by atoms with Crippen LogP contribution in [-0.2, 0) is 6.54 Å². The Morgan fingerprint density at radius 3 is 2.68 bits per heavy atom. The van der Waals surface area contributed by atoms with Crippen molar-refractivity contribution in [2.75, 3.05) is 0 Å². The lowest BCUT2D eigenvalue weighted by molar-refractivity contribution is 0.575. The van der Waals surface area contributed by atoms with Crippen molar-refractivity contribution in [3.05, 3.63) is 76.5 Å². The van der Waals surface area contributed by atoms with E-state index in [4.69, 9.17) is 0 Å². The van der Waals surface area contributed by atoms with Crippen LogP contribution in [0.3, 0.4) is 0 Å². The number of rotatable bonds is 5. The van der Waals surface area contributed by atoms with E-state index in [9.17, 15) is 4.79 Å². The van der Waals surface area contributed by atoms with Gasteiger partial charge in [0, 0.05) is 12.6 Å². The largest absolute Gasteiger partial charge is 0.323 e. The minimum absolute atomic E-state index is 0.180. The highest BCUT2D eigenvalue weighted by Gasteiger charge is 2.07. The monoisotopic (exact) mass is 334 g/mol. The molecule has 0 bridgehead atoms. The Morgan fingerprint density at radius 2 is 1.92 bits per heavy atom. The molecule has 0 amide bonds. The molecule has 0 spiro atoms. The van der Waals surface area contributed by atoms with E-state index in [2.05, 4.69) is 44.7 Å². The molecule has 0 aliphatic rings. The number of nitrogens with one attached hydrogen (secondary N) is 3. The van der Waals surface area contributed by atoms with Crippen LogP contribution in [0, 0.1) is 0 Å². The van der Waals surface area contributed by atoms with Crippen molar-refractivity contribution in [2.24, 2.45) is 0 Å². The van der Waals surface area contributed by atoms with E-state index in [-0.39, 0.29) is 11.7 Å². The fourth-order valence-electron chi connectivity index (χ4n) is 2.84. The molecule has 3 N–H and O–H groups in total. The number of nitrogens with zero attached hydrogens (tertiary/aromatic N) is 3. The first-order chi connectivity index (χ1) is 12.2. The Hall–Kier alpha value is -3.19. The molecule has 2 aromatic carbocycles. The van der Waals surface area contributed by atoms with Gasteiger partial charge in [-0.25, -0.2) is 9.48 Å². The Bertz CT molecular complexity index is 1030. The second-order valence-corrected chi connectivity index (χ2v) is 6.00.